The summed E-state index contributed by atoms with van der Waals surface area (Å²) in [4.78, 5) is 12.6. The number of benzene rings is 3. The lowest BCUT2D eigenvalue weighted by Crippen LogP contribution is -2.12. The molecule has 0 spiro atoms. The van der Waals surface area contributed by atoms with Gasteiger partial charge in [0.2, 0.25) is 0 Å². The third-order valence-corrected chi connectivity index (χ3v) is 6.07. The highest BCUT2D eigenvalue weighted by atomic mass is 35.5. The van der Waals surface area contributed by atoms with E-state index in [-0.39, 0.29) is 12.4 Å². The van der Waals surface area contributed by atoms with Crippen molar-refractivity contribution in [2.45, 2.75) is 13.2 Å². The van der Waals surface area contributed by atoms with Crippen LogP contribution in [-0.4, -0.2) is 15.7 Å². The highest BCUT2D eigenvalue weighted by Crippen LogP contribution is 2.32. The number of rotatable bonds is 7. The molecule has 2 aromatic heterocycles. The van der Waals surface area contributed by atoms with Gasteiger partial charge < -0.3 is 14.5 Å². The molecular weight excluding hydrogens is 473 g/mol. The standard InChI is InChI=1S/C26H19Cl2N3O3/c27-21-9-4-10-22(25(21)28)33-16-19-11-12-23(34-19)26(32)29-24-13-14-31(30-24)15-18-7-3-6-17-5-1-2-8-20(17)18/h1-14H,15-16H2,(H,29,30,32). The van der Waals surface area contributed by atoms with Crippen molar-refractivity contribution in [2.24, 2.45) is 0 Å². The molecule has 1 amide bonds. The van der Waals surface area contributed by atoms with E-state index in [1.54, 1.807) is 41.1 Å². The average Bonchev–Trinajstić information content (AvgIpc) is 3.50. The van der Waals surface area contributed by atoms with Gasteiger partial charge in [0.1, 0.15) is 23.1 Å². The van der Waals surface area contributed by atoms with Gasteiger partial charge in [-0.25, -0.2) is 0 Å². The number of hydrogen-bond acceptors (Lipinski definition) is 4. The van der Waals surface area contributed by atoms with Crippen LogP contribution in [0.25, 0.3) is 10.8 Å². The van der Waals surface area contributed by atoms with Crippen LogP contribution in [-0.2, 0) is 13.2 Å². The van der Waals surface area contributed by atoms with E-state index in [2.05, 4.69) is 34.7 Å². The van der Waals surface area contributed by atoms with E-state index in [9.17, 15) is 4.79 Å². The highest BCUT2D eigenvalue weighted by molar-refractivity contribution is 6.42. The van der Waals surface area contributed by atoms with E-state index in [1.165, 1.54) is 10.8 Å². The van der Waals surface area contributed by atoms with E-state index >= 15 is 0 Å². The normalized spacial score (nSPS) is 11.0. The van der Waals surface area contributed by atoms with Gasteiger partial charge in [-0.2, -0.15) is 5.10 Å². The van der Waals surface area contributed by atoms with E-state index < -0.39 is 5.91 Å². The second kappa shape index (κ2) is 9.63. The summed E-state index contributed by atoms with van der Waals surface area (Å²) < 4.78 is 13.0. The largest absolute Gasteiger partial charge is 0.484 e. The first kappa shape index (κ1) is 22.1. The van der Waals surface area contributed by atoms with Crippen molar-refractivity contribution in [3.8, 4) is 5.75 Å². The first-order valence-electron chi connectivity index (χ1n) is 10.5. The Hall–Kier alpha value is -3.74. The molecule has 0 saturated heterocycles. The Balaban J connectivity index is 1.22. The summed E-state index contributed by atoms with van der Waals surface area (Å²) in [6.45, 7) is 0.693. The smallest absolute Gasteiger partial charge is 0.292 e. The Labute approximate surface area is 205 Å². The molecule has 34 heavy (non-hydrogen) atoms. The number of fused-ring (bicyclic) bond motifs is 1. The number of amides is 1. The summed E-state index contributed by atoms with van der Waals surface area (Å²) in [6, 6.07) is 24.5. The molecule has 2 heterocycles. The van der Waals surface area contributed by atoms with Crippen LogP contribution in [0.1, 0.15) is 21.9 Å². The lowest BCUT2D eigenvalue weighted by Gasteiger charge is -2.07. The number of carbonyl (C=O) groups excluding carboxylic acids is 1. The van der Waals surface area contributed by atoms with Gasteiger partial charge in [0.15, 0.2) is 11.6 Å². The Bertz CT molecular complexity index is 1470. The van der Waals surface area contributed by atoms with Crippen LogP contribution in [0.4, 0.5) is 5.82 Å². The first-order chi connectivity index (χ1) is 16.6. The number of aromatic nitrogens is 2. The van der Waals surface area contributed by atoms with Crippen molar-refractivity contribution in [3.63, 3.8) is 0 Å². The fraction of sp³-hybridized carbons (Fsp3) is 0.0769. The summed E-state index contributed by atoms with van der Waals surface area (Å²) in [5.41, 5.74) is 1.15. The van der Waals surface area contributed by atoms with Gasteiger partial charge in [-0.15, -0.1) is 0 Å². The van der Waals surface area contributed by atoms with Crippen molar-refractivity contribution >= 4 is 45.7 Å². The minimum atomic E-state index is -0.401. The zero-order valence-corrected chi connectivity index (χ0v) is 19.4. The molecule has 0 fully saturated rings. The van der Waals surface area contributed by atoms with Crippen LogP contribution in [0.15, 0.2) is 89.5 Å². The molecule has 6 nitrogen and oxygen atoms in total. The molecule has 8 heteroatoms. The van der Waals surface area contributed by atoms with Crippen LogP contribution < -0.4 is 10.1 Å². The Morgan fingerprint density at radius 2 is 1.79 bits per heavy atom. The van der Waals surface area contributed by atoms with Crippen LogP contribution in [0.2, 0.25) is 10.0 Å². The number of carbonyl (C=O) groups is 1. The van der Waals surface area contributed by atoms with Gasteiger partial charge >= 0.3 is 0 Å². The Morgan fingerprint density at radius 3 is 2.71 bits per heavy atom. The topological polar surface area (TPSA) is 69.3 Å². The fourth-order valence-electron chi connectivity index (χ4n) is 3.62. The van der Waals surface area contributed by atoms with Crippen LogP contribution >= 0.6 is 23.2 Å². The van der Waals surface area contributed by atoms with E-state index in [4.69, 9.17) is 32.4 Å². The summed E-state index contributed by atoms with van der Waals surface area (Å²) >= 11 is 12.1. The minimum Gasteiger partial charge on any atom is -0.484 e. The van der Waals surface area contributed by atoms with E-state index in [0.29, 0.717) is 33.9 Å². The Morgan fingerprint density at radius 1 is 0.971 bits per heavy atom. The van der Waals surface area contributed by atoms with E-state index in [0.717, 1.165) is 5.56 Å². The van der Waals surface area contributed by atoms with Gasteiger partial charge in [-0.3, -0.25) is 9.48 Å². The zero-order chi connectivity index (χ0) is 23.5. The zero-order valence-electron chi connectivity index (χ0n) is 17.9. The lowest BCUT2D eigenvalue weighted by molar-refractivity contribution is 0.0992. The summed E-state index contributed by atoms with van der Waals surface area (Å²) in [7, 11) is 0. The van der Waals surface area contributed by atoms with Gasteiger partial charge in [0.25, 0.3) is 5.91 Å². The molecular formula is C26H19Cl2N3O3. The molecule has 5 aromatic rings. The molecule has 3 aromatic carbocycles. The van der Waals surface area contributed by atoms with Crippen LogP contribution in [0, 0.1) is 0 Å². The maximum atomic E-state index is 12.6. The second-order valence-electron chi connectivity index (χ2n) is 7.60. The highest BCUT2D eigenvalue weighted by Gasteiger charge is 2.14. The molecule has 0 aliphatic carbocycles. The van der Waals surface area contributed by atoms with Gasteiger partial charge in [0.05, 0.1) is 11.6 Å². The molecule has 0 aliphatic rings. The summed E-state index contributed by atoms with van der Waals surface area (Å²) in [5, 5.41) is 10.3. The van der Waals surface area contributed by atoms with Crippen molar-refractivity contribution in [1.29, 1.82) is 0 Å². The quantitative estimate of drug-likeness (QED) is 0.271. The van der Waals surface area contributed by atoms with Crippen molar-refractivity contribution < 1.29 is 13.9 Å². The van der Waals surface area contributed by atoms with Crippen LogP contribution in [0.5, 0.6) is 5.75 Å². The third-order valence-electron chi connectivity index (χ3n) is 5.27. The van der Waals surface area contributed by atoms with Gasteiger partial charge in [-0.05, 0) is 40.6 Å². The fourth-order valence-corrected chi connectivity index (χ4v) is 3.97. The molecule has 0 radical (unpaired) electrons. The number of hydrogen-bond donors (Lipinski definition) is 1. The number of halogens is 2. The predicted octanol–water partition coefficient (Wildman–Crippen LogP) is 6.82. The SMILES string of the molecule is O=C(Nc1ccn(Cc2cccc3ccccc23)n1)c1ccc(COc2cccc(Cl)c2Cl)o1. The number of anilines is 1. The summed E-state index contributed by atoms with van der Waals surface area (Å²) in [5.74, 6) is 1.10. The molecule has 0 bridgehead atoms. The number of ether oxygens (including phenoxy) is 1. The number of furan rings is 1. The van der Waals surface area contributed by atoms with Crippen molar-refractivity contribution in [1.82, 2.24) is 9.78 Å². The molecule has 0 atom stereocenters. The number of nitrogens with zero attached hydrogens (tertiary/aromatic N) is 2. The maximum Gasteiger partial charge on any atom is 0.292 e. The van der Waals surface area contributed by atoms with Crippen LogP contribution in [0.3, 0.4) is 0 Å². The molecule has 5 rings (SSSR count). The second-order valence-corrected chi connectivity index (χ2v) is 8.38. The van der Waals surface area contributed by atoms with Crippen molar-refractivity contribution in [2.75, 3.05) is 5.32 Å². The lowest BCUT2D eigenvalue weighted by atomic mass is 10.0. The number of nitrogens with one attached hydrogen (secondary N) is 1. The molecule has 0 unspecified atom stereocenters. The van der Waals surface area contributed by atoms with E-state index in [1.807, 2.05) is 24.4 Å². The van der Waals surface area contributed by atoms with Gasteiger partial charge in [0, 0.05) is 12.3 Å². The van der Waals surface area contributed by atoms with Gasteiger partial charge in [-0.1, -0.05) is 71.7 Å². The average molecular weight is 492 g/mol. The monoisotopic (exact) mass is 491 g/mol. The summed E-state index contributed by atoms with van der Waals surface area (Å²) in [6.07, 6.45) is 1.83. The third kappa shape index (κ3) is 4.78. The molecule has 1 N–H and O–H groups in total. The maximum absolute atomic E-state index is 12.6. The first-order valence-corrected chi connectivity index (χ1v) is 11.3. The minimum absolute atomic E-state index is 0.104. The van der Waals surface area contributed by atoms with Crippen molar-refractivity contribution in [3.05, 3.63) is 112 Å². The molecule has 0 aliphatic heterocycles. The predicted molar refractivity (Wildman–Crippen MR) is 133 cm³/mol. The molecule has 0 saturated carbocycles. The molecule has 170 valence electrons. The Kier molecular flexibility index (Phi) is 6.25.